The normalized spacial score (nSPS) is 10.7. The van der Waals surface area contributed by atoms with Crippen molar-refractivity contribution in [3.05, 3.63) is 92.3 Å². The molecule has 2 aromatic carbocycles. The summed E-state index contributed by atoms with van der Waals surface area (Å²) in [6, 6.07) is 15.9. The van der Waals surface area contributed by atoms with E-state index in [1.807, 2.05) is 51.1 Å². The van der Waals surface area contributed by atoms with Gasteiger partial charge in [0.1, 0.15) is 17.4 Å². The Morgan fingerprint density at radius 3 is 2.26 bits per heavy atom. The van der Waals surface area contributed by atoms with Crippen LogP contribution in [0.3, 0.4) is 0 Å². The van der Waals surface area contributed by atoms with E-state index in [1.54, 1.807) is 24.3 Å². The average molecular weight is 416 g/mol. The third-order valence-electron chi connectivity index (χ3n) is 4.98. The Morgan fingerprint density at radius 2 is 1.71 bits per heavy atom. The van der Waals surface area contributed by atoms with Gasteiger partial charge in [0.15, 0.2) is 5.78 Å². The molecular formula is C25H24N2O4. The largest absolute Gasteiger partial charge is 0.494 e. The lowest BCUT2D eigenvalue weighted by Gasteiger charge is -2.16. The maximum absolute atomic E-state index is 13.2. The fraction of sp³-hybridized carbons (Fsp3) is 0.240. The molecule has 0 saturated heterocycles. The highest BCUT2D eigenvalue weighted by atomic mass is 16.5. The fourth-order valence-electron chi connectivity index (χ4n) is 3.35. The Balaban J connectivity index is 2.09. The van der Waals surface area contributed by atoms with Gasteiger partial charge in [0.25, 0.3) is 5.56 Å². The van der Waals surface area contributed by atoms with Crippen LogP contribution in [0.2, 0.25) is 0 Å². The molecule has 158 valence electrons. The summed E-state index contributed by atoms with van der Waals surface area (Å²) in [6.45, 7) is 7.30. The van der Waals surface area contributed by atoms with Gasteiger partial charge in [-0.05, 0) is 63.1 Å². The molecule has 0 amide bonds. The summed E-state index contributed by atoms with van der Waals surface area (Å²) in [5.41, 5.74) is 1.47. The summed E-state index contributed by atoms with van der Waals surface area (Å²) in [5.74, 6) is -0.301. The van der Waals surface area contributed by atoms with Crippen LogP contribution in [0.15, 0.2) is 53.3 Å². The average Bonchev–Trinajstić information content (AvgIpc) is 2.73. The number of nitrogens with zero attached hydrogens (tertiary/aromatic N) is 2. The second-order valence-electron chi connectivity index (χ2n) is 7.71. The van der Waals surface area contributed by atoms with E-state index in [1.165, 1.54) is 6.92 Å². The van der Waals surface area contributed by atoms with Crippen molar-refractivity contribution in [2.24, 2.45) is 0 Å². The van der Waals surface area contributed by atoms with Crippen LogP contribution in [0.5, 0.6) is 11.6 Å². The van der Waals surface area contributed by atoms with Gasteiger partial charge in [-0.3, -0.25) is 14.2 Å². The smallest absolute Gasteiger partial charge is 0.271 e. The van der Waals surface area contributed by atoms with Crippen LogP contribution in [0, 0.1) is 25.2 Å². The molecule has 6 heteroatoms. The molecule has 0 unspecified atom stereocenters. The monoisotopic (exact) mass is 416 g/mol. The van der Waals surface area contributed by atoms with E-state index in [-0.39, 0.29) is 29.3 Å². The summed E-state index contributed by atoms with van der Waals surface area (Å²) >= 11 is 0. The first kappa shape index (κ1) is 21.8. The molecule has 3 rings (SSSR count). The van der Waals surface area contributed by atoms with Gasteiger partial charge in [-0.1, -0.05) is 29.8 Å². The van der Waals surface area contributed by atoms with E-state index in [2.05, 4.69) is 0 Å². The fourth-order valence-corrected chi connectivity index (χ4v) is 3.35. The Bertz CT molecular complexity index is 1210. The molecule has 0 atom stereocenters. The molecule has 0 bridgehead atoms. The van der Waals surface area contributed by atoms with Crippen molar-refractivity contribution in [1.29, 1.82) is 5.26 Å². The highest BCUT2D eigenvalue weighted by Crippen LogP contribution is 2.26. The number of ketones is 1. The van der Waals surface area contributed by atoms with Gasteiger partial charge >= 0.3 is 0 Å². The third-order valence-corrected chi connectivity index (χ3v) is 4.98. The number of aromatic hydroxyl groups is 1. The molecule has 0 aliphatic rings. The van der Waals surface area contributed by atoms with E-state index in [9.17, 15) is 20.0 Å². The number of ether oxygens (including phenoxy) is 1. The van der Waals surface area contributed by atoms with E-state index in [0.29, 0.717) is 11.3 Å². The second kappa shape index (κ2) is 8.88. The number of hydrogen-bond acceptors (Lipinski definition) is 5. The number of aromatic nitrogens is 1. The van der Waals surface area contributed by atoms with E-state index in [0.717, 1.165) is 15.7 Å². The highest BCUT2D eigenvalue weighted by Gasteiger charge is 2.25. The molecule has 1 N–H and O–H groups in total. The number of aryl methyl sites for hydroxylation is 1. The van der Waals surface area contributed by atoms with Crippen molar-refractivity contribution in [3.63, 3.8) is 0 Å². The molecule has 3 aromatic rings. The van der Waals surface area contributed by atoms with Crippen molar-refractivity contribution >= 4 is 5.78 Å². The Hall–Kier alpha value is -3.85. The number of hydrogen-bond donors (Lipinski definition) is 1. The Morgan fingerprint density at radius 1 is 1.10 bits per heavy atom. The summed E-state index contributed by atoms with van der Waals surface area (Å²) < 4.78 is 6.67. The lowest BCUT2D eigenvalue weighted by molar-refractivity contribution is 0.103. The van der Waals surface area contributed by atoms with E-state index in [4.69, 9.17) is 4.74 Å². The van der Waals surface area contributed by atoms with Gasteiger partial charge in [-0.25, -0.2) is 0 Å². The minimum absolute atomic E-state index is 0.00337. The van der Waals surface area contributed by atoms with Crippen LogP contribution < -0.4 is 10.3 Å². The van der Waals surface area contributed by atoms with Gasteiger partial charge in [0.2, 0.25) is 5.88 Å². The molecule has 0 radical (unpaired) electrons. The molecule has 0 saturated carbocycles. The molecule has 0 spiro atoms. The van der Waals surface area contributed by atoms with Crippen molar-refractivity contribution in [3.8, 4) is 17.7 Å². The van der Waals surface area contributed by atoms with Crippen molar-refractivity contribution in [2.75, 3.05) is 0 Å². The van der Waals surface area contributed by atoms with Crippen molar-refractivity contribution in [1.82, 2.24) is 4.57 Å². The first-order chi connectivity index (χ1) is 14.7. The SMILES string of the molecule is Cc1ccc(Cn2c(O)c(C(=O)c3ccc(OC(C)C)cc3)c(C)c(C#N)c2=O)cc1. The van der Waals surface area contributed by atoms with Crippen LogP contribution in [0.4, 0.5) is 0 Å². The van der Waals surface area contributed by atoms with Gasteiger partial charge in [-0.2, -0.15) is 5.26 Å². The lowest BCUT2D eigenvalue weighted by Crippen LogP contribution is -2.27. The zero-order chi connectivity index (χ0) is 22.7. The van der Waals surface area contributed by atoms with Crippen molar-refractivity contribution < 1.29 is 14.6 Å². The highest BCUT2D eigenvalue weighted by molar-refractivity contribution is 6.11. The maximum Gasteiger partial charge on any atom is 0.271 e. The molecular weight excluding hydrogens is 392 g/mol. The predicted molar refractivity (Wildman–Crippen MR) is 118 cm³/mol. The van der Waals surface area contributed by atoms with Crippen molar-refractivity contribution in [2.45, 2.75) is 40.3 Å². The van der Waals surface area contributed by atoms with E-state index >= 15 is 0 Å². The van der Waals surface area contributed by atoms with Gasteiger partial charge in [0.05, 0.1) is 18.2 Å². The number of benzene rings is 2. The molecule has 6 nitrogen and oxygen atoms in total. The van der Waals surface area contributed by atoms with Crippen LogP contribution >= 0.6 is 0 Å². The van der Waals surface area contributed by atoms with Crippen LogP contribution in [0.1, 0.15) is 52.0 Å². The minimum Gasteiger partial charge on any atom is -0.494 e. The van der Waals surface area contributed by atoms with E-state index < -0.39 is 17.2 Å². The molecule has 31 heavy (non-hydrogen) atoms. The Labute approximate surface area is 181 Å². The summed E-state index contributed by atoms with van der Waals surface area (Å²) in [5, 5.41) is 20.4. The molecule has 0 aliphatic carbocycles. The lowest BCUT2D eigenvalue weighted by atomic mass is 9.97. The Kier molecular flexibility index (Phi) is 6.26. The van der Waals surface area contributed by atoms with Crippen LogP contribution in [0.25, 0.3) is 0 Å². The van der Waals surface area contributed by atoms with Gasteiger partial charge < -0.3 is 9.84 Å². The molecule has 0 fully saturated rings. The number of pyridine rings is 1. The quantitative estimate of drug-likeness (QED) is 0.611. The predicted octanol–water partition coefficient (Wildman–Crippen LogP) is 4.11. The third kappa shape index (κ3) is 4.51. The van der Waals surface area contributed by atoms with Gasteiger partial charge in [-0.15, -0.1) is 0 Å². The minimum atomic E-state index is -0.629. The summed E-state index contributed by atoms with van der Waals surface area (Å²) in [4.78, 5) is 26.0. The first-order valence-electron chi connectivity index (χ1n) is 9.96. The number of carbonyl (C=O) groups excluding carboxylic acids is 1. The molecule has 1 aromatic heterocycles. The summed E-state index contributed by atoms with van der Waals surface area (Å²) in [7, 11) is 0. The number of nitriles is 1. The van der Waals surface area contributed by atoms with Crippen LogP contribution in [-0.2, 0) is 6.54 Å². The van der Waals surface area contributed by atoms with Crippen LogP contribution in [-0.4, -0.2) is 21.6 Å². The zero-order valence-electron chi connectivity index (χ0n) is 18.0. The first-order valence-corrected chi connectivity index (χ1v) is 9.96. The maximum atomic E-state index is 13.2. The second-order valence-corrected chi connectivity index (χ2v) is 7.71. The summed E-state index contributed by atoms with van der Waals surface area (Å²) in [6.07, 6.45) is -0.00337. The molecule has 1 heterocycles. The molecule has 0 aliphatic heterocycles. The standard InChI is InChI=1S/C25H24N2O4/c1-15(2)31-20-11-9-19(10-12-20)23(28)22-17(4)21(13-26)24(29)27(25(22)30)14-18-7-5-16(3)6-8-18/h5-12,15,30H,14H2,1-4H3. The number of rotatable bonds is 6. The topological polar surface area (TPSA) is 92.3 Å². The zero-order valence-corrected chi connectivity index (χ0v) is 18.0. The number of carbonyl (C=O) groups is 1. The van der Waals surface area contributed by atoms with Gasteiger partial charge in [0, 0.05) is 5.56 Å².